The summed E-state index contributed by atoms with van der Waals surface area (Å²) in [6.45, 7) is 0. The fourth-order valence-electron chi connectivity index (χ4n) is 2.35. The minimum Gasteiger partial charge on any atom is -0.497 e. The molecule has 0 saturated carbocycles. The Labute approximate surface area is 105 Å². The molecule has 5 heteroatoms. The van der Waals surface area contributed by atoms with Crippen molar-refractivity contribution >= 4 is 11.9 Å². The van der Waals surface area contributed by atoms with Gasteiger partial charge >= 0.3 is 5.97 Å². The van der Waals surface area contributed by atoms with Gasteiger partial charge in [0, 0.05) is 13.5 Å². The van der Waals surface area contributed by atoms with Gasteiger partial charge in [0.2, 0.25) is 5.91 Å². The summed E-state index contributed by atoms with van der Waals surface area (Å²) < 4.78 is 5.06. The summed E-state index contributed by atoms with van der Waals surface area (Å²) in [7, 11) is 3.21. The van der Waals surface area contributed by atoms with Crippen molar-refractivity contribution in [2.75, 3.05) is 14.2 Å². The SMILES string of the molecule is COc1ccc([C@@H]2[C@H](C(=O)O)CC(=O)N2C)cc1. The molecule has 0 aromatic heterocycles. The Kier molecular flexibility index (Phi) is 3.23. The highest BCUT2D eigenvalue weighted by Gasteiger charge is 2.42. The Morgan fingerprint density at radius 1 is 1.39 bits per heavy atom. The van der Waals surface area contributed by atoms with E-state index in [1.807, 2.05) is 0 Å². The number of carboxylic acids is 1. The standard InChI is InChI=1S/C13H15NO4/c1-14-11(15)7-10(13(16)17)12(14)8-3-5-9(18-2)6-4-8/h3-6,10,12H,7H2,1-2H3,(H,16,17)/t10-,12-/m1/s1. The first kappa shape index (κ1) is 12.4. The summed E-state index contributed by atoms with van der Waals surface area (Å²) in [4.78, 5) is 24.3. The number of benzene rings is 1. The number of carboxylic acid groups (broad SMARTS) is 1. The molecular weight excluding hydrogens is 234 g/mol. The quantitative estimate of drug-likeness (QED) is 0.876. The van der Waals surface area contributed by atoms with Crippen LogP contribution in [-0.4, -0.2) is 36.0 Å². The molecule has 0 unspecified atom stereocenters. The topological polar surface area (TPSA) is 66.8 Å². The molecule has 1 aliphatic rings. The molecule has 0 bridgehead atoms. The van der Waals surface area contributed by atoms with Gasteiger partial charge in [-0.25, -0.2) is 0 Å². The molecule has 0 radical (unpaired) electrons. The normalized spacial score (nSPS) is 23.2. The predicted octanol–water partition coefficient (Wildman–Crippen LogP) is 1.30. The van der Waals surface area contributed by atoms with Crippen LogP contribution in [-0.2, 0) is 9.59 Å². The van der Waals surface area contributed by atoms with Gasteiger partial charge in [-0.05, 0) is 17.7 Å². The van der Waals surface area contributed by atoms with Gasteiger partial charge in [0.15, 0.2) is 0 Å². The number of ether oxygens (including phenoxy) is 1. The van der Waals surface area contributed by atoms with E-state index in [0.29, 0.717) is 5.75 Å². The van der Waals surface area contributed by atoms with E-state index in [0.717, 1.165) is 5.56 Å². The van der Waals surface area contributed by atoms with Crippen LogP contribution in [0.5, 0.6) is 5.75 Å². The smallest absolute Gasteiger partial charge is 0.309 e. The molecule has 1 fully saturated rings. The first-order chi connectivity index (χ1) is 8.54. The Morgan fingerprint density at radius 3 is 2.50 bits per heavy atom. The summed E-state index contributed by atoms with van der Waals surface area (Å²) >= 11 is 0. The van der Waals surface area contributed by atoms with Crippen LogP contribution in [0.4, 0.5) is 0 Å². The van der Waals surface area contributed by atoms with Crippen molar-refractivity contribution in [3.8, 4) is 5.75 Å². The molecule has 1 amide bonds. The number of amides is 1. The van der Waals surface area contributed by atoms with Crippen molar-refractivity contribution in [3.05, 3.63) is 29.8 Å². The van der Waals surface area contributed by atoms with Gasteiger partial charge < -0.3 is 14.7 Å². The van der Waals surface area contributed by atoms with Gasteiger partial charge in [0.05, 0.1) is 19.1 Å². The largest absolute Gasteiger partial charge is 0.497 e. The molecule has 18 heavy (non-hydrogen) atoms. The third-order valence-electron chi connectivity index (χ3n) is 3.36. The van der Waals surface area contributed by atoms with E-state index in [1.165, 1.54) is 4.90 Å². The third-order valence-corrected chi connectivity index (χ3v) is 3.36. The molecule has 1 heterocycles. The molecule has 96 valence electrons. The zero-order chi connectivity index (χ0) is 13.3. The van der Waals surface area contributed by atoms with E-state index in [1.54, 1.807) is 38.4 Å². The van der Waals surface area contributed by atoms with E-state index in [2.05, 4.69) is 0 Å². The van der Waals surface area contributed by atoms with Gasteiger partial charge in [-0.3, -0.25) is 9.59 Å². The lowest BCUT2D eigenvalue weighted by Gasteiger charge is -2.23. The Morgan fingerprint density at radius 2 is 2.00 bits per heavy atom. The number of nitrogens with zero attached hydrogens (tertiary/aromatic N) is 1. The minimum absolute atomic E-state index is 0.0581. The van der Waals surface area contributed by atoms with Crippen LogP contribution < -0.4 is 4.74 Å². The van der Waals surface area contributed by atoms with Crippen molar-refractivity contribution in [2.24, 2.45) is 5.92 Å². The molecule has 0 spiro atoms. The monoisotopic (exact) mass is 249 g/mol. The highest BCUT2D eigenvalue weighted by atomic mass is 16.5. The second kappa shape index (κ2) is 4.68. The molecule has 5 nitrogen and oxygen atoms in total. The van der Waals surface area contributed by atoms with Crippen LogP contribution in [0.1, 0.15) is 18.0 Å². The van der Waals surface area contributed by atoms with Gasteiger partial charge in [0.1, 0.15) is 5.75 Å². The summed E-state index contributed by atoms with van der Waals surface area (Å²) in [5, 5.41) is 9.18. The molecular formula is C13H15NO4. The summed E-state index contributed by atoms with van der Waals surface area (Å²) in [5.74, 6) is -1.05. The Balaban J connectivity index is 2.33. The number of carbonyl (C=O) groups is 2. The van der Waals surface area contributed by atoms with Crippen molar-refractivity contribution in [1.82, 2.24) is 4.90 Å². The first-order valence-corrected chi connectivity index (χ1v) is 5.67. The maximum atomic E-state index is 11.6. The van der Waals surface area contributed by atoms with Gasteiger partial charge in [-0.15, -0.1) is 0 Å². The van der Waals surface area contributed by atoms with Gasteiger partial charge in [-0.2, -0.15) is 0 Å². The number of likely N-dealkylation sites (tertiary alicyclic amines) is 1. The highest BCUT2D eigenvalue weighted by molar-refractivity contribution is 5.87. The van der Waals surface area contributed by atoms with Crippen LogP contribution in [0.3, 0.4) is 0 Å². The number of hydrogen-bond donors (Lipinski definition) is 1. The molecule has 0 aliphatic carbocycles. The average molecular weight is 249 g/mol. The lowest BCUT2D eigenvalue weighted by atomic mass is 9.94. The molecule has 1 saturated heterocycles. The van der Waals surface area contributed by atoms with Gasteiger partial charge in [0.25, 0.3) is 0 Å². The minimum atomic E-state index is -0.937. The molecule has 1 aromatic rings. The van der Waals surface area contributed by atoms with Crippen molar-refractivity contribution in [1.29, 1.82) is 0 Å². The molecule has 1 aliphatic heterocycles. The van der Waals surface area contributed by atoms with Crippen molar-refractivity contribution in [2.45, 2.75) is 12.5 Å². The summed E-state index contributed by atoms with van der Waals surface area (Å²) in [6.07, 6.45) is 0.0581. The predicted molar refractivity (Wildman–Crippen MR) is 64.2 cm³/mol. The Bertz CT molecular complexity index is 468. The fraction of sp³-hybridized carbons (Fsp3) is 0.385. The molecule has 1 N–H and O–H groups in total. The number of methoxy groups -OCH3 is 1. The summed E-state index contributed by atoms with van der Waals surface area (Å²) in [5.41, 5.74) is 0.816. The maximum Gasteiger partial charge on any atom is 0.309 e. The lowest BCUT2D eigenvalue weighted by Crippen LogP contribution is -2.26. The van der Waals surface area contributed by atoms with Crippen LogP contribution in [0.15, 0.2) is 24.3 Å². The van der Waals surface area contributed by atoms with Crippen molar-refractivity contribution < 1.29 is 19.4 Å². The van der Waals surface area contributed by atoms with Crippen molar-refractivity contribution in [3.63, 3.8) is 0 Å². The van der Waals surface area contributed by atoms with E-state index in [4.69, 9.17) is 4.74 Å². The fourth-order valence-corrected chi connectivity index (χ4v) is 2.35. The van der Waals surface area contributed by atoms with E-state index in [9.17, 15) is 14.7 Å². The lowest BCUT2D eigenvalue weighted by molar-refractivity contribution is -0.142. The molecule has 2 atom stereocenters. The molecule has 1 aromatic carbocycles. The number of aliphatic carboxylic acids is 1. The highest BCUT2D eigenvalue weighted by Crippen LogP contribution is 2.37. The van der Waals surface area contributed by atoms with Crippen LogP contribution in [0, 0.1) is 5.92 Å². The van der Waals surface area contributed by atoms with E-state index >= 15 is 0 Å². The average Bonchev–Trinajstić information content (AvgIpc) is 2.66. The summed E-state index contributed by atoms with van der Waals surface area (Å²) in [6, 6.07) is 6.74. The number of hydrogen-bond acceptors (Lipinski definition) is 3. The van der Waals surface area contributed by atoms with Crippen LogP contribution in [0.25, 0.3) is 0 Å². The zero-order valence-corrected chi connectivity index (χ0v) is 10.3. The first-order valence-electron chi connectivity index (χ1n) is 5.67. The maximum absolute atomic E-state index is 11.6. The zero-order valence-electron chi connectivity index (χ0n) is 10.3. The number of rotatable bonds is 3. The number of carbonyl (C=O) groups excluding carboxylic acids is 1. The van der Waals surface area contributed by atoms with Crippen LogP contribution >= 0.6 is 0 Å². The van der Waals surface area contributed by atoms with Gasteiger partial charge in [-0.1, -0.05) is 12.1 Å². The third kappa shape index (κ3) is 2.03. The Hall–Kier alpha value is -2.04. The molecule has 2 rings (SSSR count). The van der Waals surface area contributed by atoms with Crippen LogP contribution in [0.2, 0.25) is 0 Å². The van der Waals surface area contributed by atoms with E-state index in [-0.39, 0.29) is 12.3 Å². The second-order valence-corrected chi connectivity index (χ2v) is 4.37. The van der Waals surface area contributed by atoms with E-state index < -0.39 is 17.9 Å². The second-order valence-electron chi connectivity index (χ2n) is 4.37.